The van der Waals surface area contributed by atoms with Gasteiger partial charge in [0.2, 0.25) is 5.76 Å². The van der Waals surface area contributed by atoms with Crippen LogP contribution in [0.1, 0.15) is 19.4 Å². The van der Waals surface area contributed by atoms with Crippen molar-refractivity contribution < 1.29 is 18.1 Å². The molecule has 0 aliphatic rings. The largest absolute Gasteiger partial charge is 0.530 e. The Morgan fingerprint density at radius 3 is 2.35 bits per heavy atom. The molecule has 0 amide bonds. The Kier molecular flexibility index (Phi) is 7.03. The Balaban J connectivity index is 2.75. The highest BCUT2D eigenvalue weighted by molar-refractivity contribution is 7.48. The topological polar surface area (TPSA) is 68.6 Å². The van der Waals surface area contributed by atoms with Crippen molar-refractivity contribution in [3.63, 3.8) is 0 Å². The molecule has 0 fully saturated rings. The molecule has 0 unspecified atom stereocenters. The molecule has 0 aliphatic heterocycles. The Morgan fingerprint density at radius 1 is 1.25 bits per heavy atom. The van der Waals surface area contributed by atoms with Crippen molar-refractivity contribution in [1.29, 1.82) is 5.26 Å². The van der Waals surface area contributed by atoms with E-state index >= 15 is 0 Å². The predicted octanol–water partition coefficient (Wildman–Crippen LogP) is 3.83. The van der Waals surface area contributed by atoms with Crippen LogP contribution in [0.5, 0.6) is 0 Å². The van der Waals surface area contributed by atoms with E-state index in [4.69, 9.17) is 18.8 Å². The summed E-state index contributed by atoms with van der Waals surface area (Å²) in [5, 5.41) is 9.03. The van der Waals surface area contributed by atoms with Crippen LogP contribution in [-0.4, -0.2) is 13.2 Å². The third-order valence-electron chi connectivity index (χ3n) is 2.26. The number of phosphoric ester groups is 1. The van der Waals surface area contributed by atoms with E-state index in [-0.39, 0.29) is 19.0 Å². The third kappa shape index (κ3) is 5.58. The van der Waals surface area contributed by atoms with Crippen molar-refractivity contribution in [2.75, 3.05) is 13.2 Å². The zero-order valence-electron chi connectivity index (χ0n) is 11.6. The van der Waals surface area contributed by atoms with E-state index in [0.717, 1.165) is 5.56 Å². The molecular weight excluding hydrogens is 277 g/mol. The second-order valence-corrected chi connectivity index (χ2v) is 5.34. The Labute approximate surface area is 119 Å². The number of allylic oxidation sites excluding steroid dienone is 2. The first kappa shape index (κ1) is 16.5. The van der Waals surface area contributed by atoms with Crippen molar-refractivity contribution in [2.45, 2.75) is 20.3 Å². The van der Waals surface area contributed by atoms with E-state index in [1.807, 2.05) is 36.4 Å². The first-order chi connectivity index (χ1) is 9.63. The van der Waals surface area contributed by atoms with E-state index in [0.29, 0.717) is 6.42 Å². The van der Waals surface area contributed by atoms with Gasteiger partial charge >= 0.3 is 7.82 Å². The lowest BCUT2D eigenvalue weighted by atomic mass is 10.1. The van der Waals surface area contributed by atoms with E-state index < -0.39 is 7.82 Å². The fourth-order valence-corrected chi connectivity index (χ4v) is 2.62. The van der Waals surface area contributed by atoms with Gasteiger partial charge in [0.1, 0.15) is 6.07 Å². The van der Waals surface area contributed by atoms with Crippen LogP contribution >= 0.6 is 7.82 Å². The van der Waals surface area contributed by atoms with Crippen molar-refractivity contribution in [3.05, 3.63) is 47.7 Å². The molecule has 0 N–H and O–H groups in total. The molecule has 1 rings (SSSR count). The van der Waals surface area contributed by atoms with Gasteiger partial charge in [-0.1, -0.05) is 30.3 Å². The summed E-state index contributed by atoms with van der Waals surface area (Å²) in [6.07, 6.45) is 2.06. The summed E-state index contributed by atoms with van der Waals surface area (Å²) in [5.41, 5.74) is 1.02. The summed E-state index contributed by atoms with van der Waals surface area (Å²) >= 11 is 0. The van der Waals surface area contributed by atoms with Gasteiger partial charge in [-0.3, -0.25) is 9.05 Å². The molecule has 5 nitrogen and oxygen atoms in total. The Morgan fingerprint density at radius 2 is 1.85 bits per heavy atom. The monoisotopic (exact) mass is 295 g/mol. The minimum atomic E-state index is -3.70. The van der Waals surface area contributed by atoms with Gasteiger partial charge in [0.25, 0.3) is 0 Å². The molecule has 1 aromatic rings. The third-order valence-corrected chi connectivity index (χ3v) is 3.83. The van der Waals surface area contributed by atoms with Crippen LogP contribution in [0.3, 0.4) is 0 Å². The van der Waals surface area contributed by atoms with Crippen LogP contribution in [0.25, 0.3) is 0 Å². The zero-order chi connectivity index (χ0) is 14.8. The summed E-state index contributed by atoms with van der Waals surface area (Å²) in [7, 11) is -3.70. The second-order valence-electron chi connectivity index (χ2n) is 3.74. The summed E-state index contributed by atoms with van der Waals surface area (Å²) in [4.78, 5) is 0. The van der Waals surface area contributed by atoms with Crippen molar-refractivity contribution in [1.82, 2.24) is 0 Å². The molecule has 0 saturated carbocycles. The van der Waals surface area contributed by atoms with Crippen molar-refractivity contribution in [2.24, 2.45) is 0 Å². The first-order valence-electron chi connectivity index (χ1n) is 6.36. The van der Waals surface area contributed by atoms with Gasteiger partial charge in [0, 0.05) is 0 Å². The lowest BCUT2D eigenvalue weighted by Crippen LogP contribution is -2.00. The number of hydrogen-bond donors (Lipinski definition) is 0. The fraction of sp³-hybridized carbons (Fsp3) is 0.357. The van der Waals surface area contributed by atoms with Crippen molar-refractivity contribution >= 4 is 7.82 Å². The van der Waals surface area contributed by atoms with Crippen LogP contribution in [0, 0.1) is 11.3 Å². The van der Waals surface area contributed by atoms with Crippen LogP contribution in [0.15, 0.2) is 42.2 Å². The number of benzene rings is 1. The summed E-state index contributed by atoms with van der Waals surface area (Å²) < 4.78 is 27.2. The minimum Gasteiger partial charge on any atom is -0.393 e. The number of hydrogen-bond acceptors (Lipinski definition) is 5. The molecule has 0 aromatic heterocycles. The Bertz CT molecular complexity index is 512. The van der Waals surface area contributed by atoms with Crippen LogP contribution < -0.4 is 0 Å². The highest BCUT2D eigenvalue weighted by Gasteiger charge is 2.28. The average Bonchev–Trinajstić information content (AvgIpc) is 2.45. The molecular formula is C14H18NO4P. The van der Waals surface area contributed by atoms with Gasteiger partial charge in [0.15, 0.2) is 0 Å². The highest BCUT2D eigenvalue weighted by atomic mass is 31.2. The minimum absolute atomic E-state index is 0.0703. The SMILES string of the molecule is CCOP(=O)(OCC)O/C(C#N)=C/Cc1ccccc1. The summed E-state index contributed by atoms with van der Waals surface area (Å²) in [6, 6.07) is 11.4. The van der Waals surface area contributed by atoms with Gasteiger partial charge in [-0.25, -0.2) is 4.57 Å². The van der Waals surface area contributed by atoms with Gasteiger partial charge in [-0.15, -0.1) is 0 Å². The van der Waals surface area contributed by atoms with Gasteiger partial charge in [-0.05, 0) is 31.9 Å². The Hall–Kier alpha value is -1.60. The van der Waals surface area contributed by atoms with Crippen LogP contribution in [0.4, 0.5) is 0 Å². The van der Waals surface area contributed by atoms with Gasteiger partial charge in [-0.2, -0.15) is 5.26 Å². The highest BCUT2D eigenvalue weighted by Crippen LogP contribution is 2.51. The maximum absolute atomic E-state index is 12.1. The van der Waals surface area contributed by atoms with Crippen LogP contribution in [-0.2, 0) is 24.6 Å². The lowest BCUT2D eigenvalue weighted by Gasteiger charge is -2.16. The fourth-order valence-electron chi connectivity index (χ4n) is 1.45. The quantitative estimate of drug-likeness (QED) is 0.414. The summed E-state index contributed by atoms with van der Waals surface area (Å²) in [6.45, 7) is 3.70. The second kappa shape index (κ2) is 8.55. The number of phosphoric acid groups is 1. The molecule has 0 saturated heterocycles. The first-order valence-corrected chi connectivity index (χ1v) is 7.82. The van der Waals surface area contributed by atoms with E-state index in [2.05, 4.69) is 0 Å². The van der Waals surface area contributed by atoms with Crippen molar-refractivity contribution in [3.8, 4) is 6.07 Å². The van der Waals surface area contributed by atoms with E-state index in [9.17, 15) is 4.57 Å². The standard InChI is InChI=1S/C14H18NO4P/c1-3-17-20(16,18-4-2)19-14(12-15)11-10-13-8-6-5-7-9-13/h5-9,11H,3-4,10H2,1-2H3/b14-11+. The lowest BCUT2D eigenvalue weighted by molar-refractivity contribution is 0.148. The molecule has 0 heterocycles. The molecule has 0 atom stereocenters. The zero-order valence-corrected chi connectivity index (χ0v) is 12.5. The molecule has 0 radical (unpaired) electrons. The maximum atomic E-state index is 12.1. The number of rotatable bonds is 8. The van der Waals surface area contributed by atoms with Crippen LogP contribution in [0.2, 0.25) is 0 Å². The molecule has 20 heavy (non-hydrogen) atoms. The van der Waals surface area contributed by atoms with Gasteiger partial charge in [0.05, 0.1) is 13.2 Å². The molecule has 1 aromatic carbocycles. The van der Waals surface area contributed by atoms with Gasteiger partial charge < -0.3 is 4.52 Å². The normalized spacial score (nSPS) is 11.9. The molecule has 0 aliphatic carbocycles. The predicted molar refractivity (Wildman–Crippen MR) is 75.8 cm³/mol. The summed E-state index contributed by atoms with van der Waals surface area (Å²) in [5.74, 6) is -0.0703. The molecule has 0 bridgehead atoms. The molecule has 6 heteroatoms. The van der Waals surface area contributed by atoms with E-state index in [1.165, 1.54) is 0 Å². The molecule has 108 valence electrons. The maximum Gasteiger partial charge on any atom is 0.530 e. The van der Waals surface area contributed by atoms with E-state index in [1.54, 1.807) is 19.9 Å². The number of nitriles is 1. The average molecular weight is 295 g/mol. The molecule has 0 spiro atoms. The smallest absolute Gasteiger partial charge is 0.393 e. The number of nitrogens with zero attached hydrogens (tertiary/aromatic N) is 1.